The van der Waals surface area contributed by atoms with Crippen LogP contribution in [0.25, 0.3) is 5.69 Å². The summed E-state index contributed by atoms with van der Waals surface area (Å²) in [4.78, 5) is 25.7. The number of rotatable bonds is 4. The molecule has 0 radical (unpaired) electrons. The topological polar surface area (TPSA) is 82.9 Å². The average molecular weight is 411 g/mol. The molecule has 0 spiro atoms. The van der Waals surface area contributed by atoms with Gasteiger partial charge in [0.2, 0.25) is 0 Å². The smallest absolute Gasteiger partial charge is 0.419 e. The van der Waals surface area contributed by atoms with E-state index < -0.39 is 23.7 Å². The van der Waals surface area contributed by atoms with E-state index in [1.54, 1.807) is 12.1 Å². The number of ether oxygens (including phenoxy) is 3. The number of carbonyl (C=O) groups is 2. The highest BCUT2D eigenvalue weighted by Gasteiger charge is 2.33. The van der Waals surface area contributed by atoms with Gasteiger partial charge in [-0.15, -0.1) is 0 Å². The first-order valence-corrected chi connectivity index (χ1v) is 8.23. The molecule has 0 fully saturated rings. The van der Waals surface area contributed by atoms with Crippen molar-refractivity contribution in [2.75, 3.05) is 32.5 Å². The van der Waals surface area contributed by atoms with E-state index in [1.165, 1.54) is 31.3 Å². The highest BCUT2D eigenvalue weighted by molar-refractivity contribution is 6.03. The summed E-state index contributed by atoms with van der Waals surface area (Å²) in [6, 6.07) is 6.14. The largest absolute Gasteiger partial charge is 0.466 e. The van der Waals surface area contributed by atoms with Crippen molar-refractivity contribution in [1.82, 2.24) is 9.78 Å². The fraction of sp³-hybridized carbons (Fsp3) is 0.278. The molecule has 154 valence electrons. The Hall–Kier alpha value is -3.34. The van der Waals surface area contributed by atoms with E-state index in [-0.39, 0.29) is 24.6 Å². The molecule has 1 aliphatic rings. The van der Waals surface area contributed by atoms with Gasteiger partial charge in [0.05, 0.1) is 43.8 Å². The molecule has 0 saturated heterocycles. The lowest BCUT2D eigenvalue weighted by molar-refractivity contribution is -0.140. The summed E-state index contributed by atoms with van der Waals surface area (Å²) >= 11 is 0. The molecule has 0 N–H and O–H groups in total. The molecule has 1 aliphatic heterocycles. The third kappa shape index (κ3) is 4.09. The molecule has 29 heavy (non-hydrogen) atoms. The number of carbonyl (C=O) groups excluding carboxylic acids is 2. The van der Waals surface area contributed by atoms with Crippen molar-refractivity contribution in [3.63, 3.8) is 0 Å². The Kier molecular flexibility index (Phi) is 5.59. The Balaban J connectivity index is 1.94. The first-order valence-electron chi connectivity index (χ1n) is 8.23. The molecule has 3 rings (SSSR count). The molecule has 0 bridgehead atoms. The van der Waals surface area contributed by atoms with Crippen LogP contribution in [-0.2, 0) is 30.0 Å². The molecule has 0 atom stereocenters. The van der Waals surface area contributed by atoms with Gasteiger partial charge in [0, 0.05) is 11.9 Å². The second kappa shape index (κ2) is 7.95. The summed E-state index contributed by atoms with van der Waals surface area (Å²) in [6.07, 6.45) is -2.89. The fourth-order valence-corrected chi connectivity index (χ4v) is 2.74. The van der Waals surface area contributed by atoms with Crippen molar-refractivity contribution in [3.05, 3.63) is 53.5 Å². The lowest BCUT2D eigenvalue weighted by atomic mass is 10.1. The number of alkyl halides is 3. The van der Waals surface area contributed by atoms with E-state index in [0.717, 1.165) is 17.1 Å². The molecule has 1 aromatic heterocycles. The van der Waals surface area contributed by atoms with E-state index in [2.05, 4.69) is 5.10 Å². The number of hydrogen-bond donors (Lipinski definition) is 0. The second-order valence-electron chi connectivity index (χ2n) is 5.90. The molecule has 0 saturated carbocycles. The van der Waals surface area contributed by atoms with E-state index in [0.29, 0.717) is 11.4 Å². The maximum atomic E-state index is 12.7. The zero-order chi connectivity index (χ0) is 21.2. The van der Waals surface area contributed by atoms with Crippen molar-refractivity contribution in [1.29, 1.82) is 0 Å². The van der Waals surface area contributed by atoms with Crippen LogP contribution in [0.5, 0.6) is 0 Å². The van der Waals surface area contributed by atoms with Crippen LogP contribution < -0.4 is 4.90 Å². The number of nitrogens with zero attached hydrogens (tertiary/aromatic N) is 3. The minimum atomic E-state index is -4.49. The molecule has 11 heteroatoms. The molecule has 8 nitrogen and oxygen atoms in total. The monoisotopic (exact) mass is 411 g/mol. The van der Waals surface area contributed by atoms with E-state index >= 15 is 0 Å². The number of methoxy groups -OCH3 is 2. The van der Waals surface area contributed by atoms with Crippen molar-refractivity contribution >= 4 is 17.6 Å². The number of anilines is 1. The van der Waals surface area contributed by atoms with Crippen LogP contribution in [0.1, 0.15) is 5.56 Å². The van der Waals surface area contributed by atoms with Gasteiger partial charge in [0.15, 0.2) is 0 Å². The van der Waals surface area contributed by atoms with Gasteiger partial charge in [-0.05, 0) is 24.3 Å². The van der Waals surface area contributed by atoms with Gasteiger partial charge in [-0.3, -0.25) is 0 Å². The zero-order valence-electron chi connectivity index (χ0n) is 15.4. The van der Waals surface area contributed by atoms with E-state index in [4.69, 9.17) is 14.2 Å². The highest BCUT2D eigenvalue weighted by Crippen LogP contribution is 2.30. The first-order chi connectivity index (χ1) is 13.8. The fourth-order valence-electron chi connectivity index (χ4n) is 2.74. The lowest BCUT2D eigenvalue weighted by Gasteiger charge is -2.31. The molecule has 2 heterocycles. The van der Waals surface area contributed by atoms with Crippen molar-refractivity contribution < 1.29 is 37.0 Å². The summed E-state index contributed by atoms with van der Waals surface area (Å²) in [7, 11) is 2.36. The van der Waals surface area contributed by atoms with Crippen LogP contribution in [0, 0.1) is 0 Å². The Bertz CT molecular complexity index is 950. The highest BCUT2D eigenvalue weighted by atomic mass is 19.4. The predicted octanol–water partition coefficient (Wildman–Crippen LogP) is 2.29. The number of halogens is 3. The minimum absolute atomic E-state index is 0.00317. The summed E-state index contributed by atoms with van der Waals surface area (Å²) in [5, 5.41) is 3.71. The van der Waals surface area contributed by atoms with Gasteiger partial charge < -0.3 is 19.1 Å². The van der Waals surface area contributed by atoms with Crippen LogP contribution in [0.2, 0.25) is 0 Å². The maximum absolute atomic E-state index is 12.7. The maximum Gasteiger partial charge on any atom is 0.419 e. The number of aromatic nitrogens is 2. The third-order valence-corrected chi connectivity index (χ3v) is 4.17. The van der Waals surface area contributed by atoms with Gasteiger partial charge >= 0.3 is 18.1 Å². The average Bonchev–Trinajstić information content (AvgIpc) is 3.23. The summed E-state index contributed by atoms with van der Waals surface area (Å²) in [6.45, 7) is -0.163. The molecular weight excluding hydrogens is 395 g/mol. The second-order valence-corrected chi connectivity index (χ2v) is 5.90. The van der Waals surface area contributed by atoms with Crippen LogP contribution >= 0.6 is 0 Å². The predicted molar refractivity (Wildman–Crippen MR) is 92.9 cm³/mol. The lowest BCUT2D eigenvalue weighted by Crippen LogP contribution is -2.38. The van der Waals surface area contributed by atoms with Crippen LogP contribution in [0.3, 0.4) is 0 Å². The van der Waals surface area contributed by atoms with Crippen LogP contribution in [0.15, 0.2) is 47.9 Å². The summed E-state index contributed by atoms with van der Waals surface area (Å²) in [5.74, 6) is -1.48. The summed E-state index contributed by atoms with van der Waals surface area (Å²) in [5.41, 5.74) is -0.0737. The standard InChI is InChI=1S/C18H16F3N3O5/c1-27-16(25)14-9-29-10-23(15(14)17(26)28-2)12-3-5-13(6-4-12)24-8-11(7-22-24)18(19,20)21/h3-8H,9-10H2,1-2H3. The summed E-state index contributed by atoms with van der Waals surface area (Å²) < 4.78 is 54.2. The molecule has 0 unspecified atom stereocenters. The number of benzene rings is 1. The number of esters is 2. The van der Waals surface area contributed by atoms with Gasteiger partial charge in [-0.1, -0.05) is 0 Å². The minimum Gasteiger partial charge on any atom is -0.466 e. The Labute approximate surface area is 163 Å². The molecule has 2 aromatic rings. The Morgan fingerprint density at radius 3 is 2.24 bits per heavy atom. The van der Waals surface area contributed by atoms with Crippen molar-refractivity contribution in [2.24, 2.45) is 0 Å². The quantitative estimate of drug-likeness (QED) is 0.714. The number of hydrogen-bond acceptors (Lipinski definition) is 7. The molecule has 1 aromatic carbocycles. The normalized spacial score (nSPS) is 14.7. The third-order valence-electron chi connectivity index (χ3n) is 4.17. The Morgan fingerprint density at radius 2 is 1.69 bits per heavy atom. The van der Waals surface area contributed by atoms with E-state index in [9.17, 15) is 22.8 Å². The van der Waals surface area contributed by atoms with Crippen molar-refractivity contribution in [3.8, 4) is 5.69 Å². The van der Waals surface area contributed by atoms with Crippen LogP contribution in [0.4, 0.5) is 18.9 Å². The van der Waals surface area contributed by atoms with Gasteiger partial charge in [-0.2, -0.15) is 18.3 Å². The van der Waals surface area contributed by atoms with Crippen LogP contribution in [-0.4, -0.2) is 49.3 Å². The van der Waals surface area contributed by atoms with Gasteiger partial charge in [0.1, 0.15) is 12.4 Å². The van der Waals surface area contributed by atoms with Gasteiger partial charge in [-0.25, -0.2) is 14.3 Å². The zero-order valence-corrected chi connectivity index (χ0v) is 15.4. The van der Waals surface area contributed by atoms with Gasteiger partial charge in [0.25, 0.3) is 0 Å². The SMILES string of the molecule is COC(=O)C1=C(C(=O)OC)N(c2ccc(-n3cc(C(F)(F)F)cn3)cc2)COC1. The van der Waals surface area contributed by atoms with Crippen molar-refractivity contribution in [2.45, 2.75) is 6.18 Å². The molecule has 0 amide bonds. The first kappa shape index (κ1) is 20.4. The van der Waals surface area contributed by atoms with E-state index in [1.807, 2.05) is 0 Å². The Morgan fingerprint density at radius 1 is 1.07 bits per heavy atom. The molecule has 0 aliphatic carbocycles. The molecular formula is C18H16F3N3O5.